The summed E-state index contributed by atoms with van der Waals surface area (Å²) in [5.74, 6) is -1.26. The molecule has 108 valence electrons. The molecular formula is C14H11BrN2O4. The molecule has 0 aromatic heterocycles. The van der Waals surface area contributed by atoms with Gasteiger partial charge in [0.25, 0.3) is 5.91 Å². The summed E-state index contributed by atoms with van der Waals surface area (Å²) < 4.78 is 0.651. The molecule has 7 heteroatoms. The first-order valence-corrected chi connectivity index (χ1v) is 6.60. The normalized spacial score (nSPS) is 10.7. The number of hydrogen-bond donors (Lipinski definition) is 4. The Kier molecular flexibility index (Phi) is 4.44. The Hall–Kier alpha value is -2.54. The summed E-state index contributed by atoms with van der Waals surface area (Å²) in [6.07, 6.45) is 1.30. The van der Waals surface area contributed by atoms with E-state index in [1.54, 1.807) is 6.07 Å². The predicted molar refractivity (Wildman–Crippen MR) is 80.6 cm³/mol. The van der Waals surface area contributed by atoms with E-state index in [-0.39, 0.29) is 22.8 Å². The molecule has 0 unspecified atom stereocenters. The SMILES string of the molecule is O=C(N/N=C/c1ccc(O)c(O)c1)c1cc(Br)ccc1O. The Morgan fingerprint density at radius 1 is 1.05 bits per heavy atom. The third-order valence-corrected chi connectivity index (χ3v) is 3.08. The van der Waals surface area contributed by atoms with Gasteiger partial charge in [-0.3, -0.25) is 4.79 Å². The van der Waals surface area contributed by atoms with Crippen LogP contribution in [0.25, 0.3) is 0 Å². The first-order chi connectivity index (χ1) is 9.97. The lowest BCUT2D eigenvalue weighted by Gasteiger charge is -2.03. The number of nitrogens with zero attached hydrogens (tertiary/aromatic N) is 1. The zero-order chi connectivity index (χ0) is 15.4. The van der Waals surface area contributed by atoms with E-state index in [9.17, 15) is 15.0 Å². The summed E-state index contributed by atoms with van der Waals surface area (Å²) in [7, 11) is 0. The van der Waals surface area contributed by atoms with E-state index in [0.29, 0.717) is 10.0 Å². The lowest BCUT2D eigenvalue weighted by atomic mass is 10.2. The fourth-order valence-electron chi connectivity index (χ4n) is 1.54. The van der Waals surface area contributed by atoms with Crippen molar-refractivity contribution in [2.45, 2.75) is 0 Å². The topological polar surface area (TPSA) is 102 Å². The zero-order valence-electron chi connectivity index (χ0n) is 10.6. The monoisotopic (exact) mass is 350 g/mol. The van der Waals surface area contributed by atoms with Gasteiger partial charge in [0, 0.05) is 4.47 Å². The number of amides is 1. The Balaban J connectivity index is 2.08. The van der Waals surface area contributed by atoms with Crippen molar-refractivity contribution in [3.05, 3.63) is 52.0 Å². The molecule has 0 aliphatic heterocycles. The van der Waals surface area contributed by atoms with Gasteiger partial charge < -0.3 is 15.3 Å². The fourth-order valence-corrected chi connectivity index (χ4v) is 1.90. The number of hydrogen-bond acceptors (Lipinski definition) is 5. The number of halogens is 1. The van der Waals surface area contributed by atoms with Gasteiger partial charge in [0.1, 0.15) is 5.75 Å². The number of phenols is 3. The summed E-state index contributed by atoms with van der Waals surface area (Å²) in [5.41, 5.74) is 2.82. The van der Waals surface area contributed by atoms with Crippen LogP contribution in [0, 0.1) is 0 Å². The second-order valence-corrected chi connectivity index (χ2v) is 5.02. The molecule has 0 aliphatic rings. The largest absolute Gasteiger partial charge is 0.507 e. The quantitative estimate of drug-likeness (QED) is 0.387. The molecule has 2 aromatic carbocycles. The number of hydrazone groups is 1. The van der Waals surface area contributed by atoms with Gasteiger partial charge >= 0.3 is 0 Å². The first kappa shape index (κ1) is 14.9. The van der Waals surface area contributed by atoms with Crippen molar-refractivity contribution in [1.29, 1.82) is 0 Å². The minimum Gasteiger partial charge on any atom is -0.507 e. The van der Waals surface area contributed by atoms with Crippen LogP contribution in [0.3, 0.4) is 0 Å². The maximum absolute atomic E-state index is 11.8. The van der Waals surface area contributed by atoms with Crippen LogP contribution >= 0.6 is 15.9 Å². The van der Waals surface area contributed by atoms with Gasteiger partial charge in [0.15, 0.2) is 11.5 Å². The van der Waals surface area contributed by atoms with E-state index in [1.165, 1.54) is 36.5 Å². The summed E-state index contributed by atoms with van der Waals surface area (Å²) in [5, 5.41) is 31.8. The minimum atomic E-state index is -0.576. The van der Waals surface area contributed by atoms with Crippen LogP contribution in [0.5, 0.6) is 17.2 Å². The zero-order valence-corrected chi connectivity index (χ0v) is 12.2. The van der Waals surface area contributed by atoms with Crippen LogP contribution in [-0.4, -0.2) is 27.4 Å². The van der Waals surface area contributed by atoms with Crippen molar-refractivity contribution in [1.82, 2.24) is 5.43 Å². The molecule has 4 N–H and O–H groups in total. The summed E-state index contributed by atoms with van der Waals surface area (Å²) in [6, 6.07) is 8.57. The van der Waals surface area contributed by atoms with Crippen LogP contribution in [0.2, 0.25) is 0 Å². The van der Waals surface area contributed by atoms with Gasteiger partial charge in [-0.05, 0) is 42.0 Å². The maximum atomic E-state index is 11.8. The number of aromatic hydroxyl groups is 3. The summed E-state index contributed by atoms with van der Waals surface area (Å²) in [6.45, 7) is 0. The number of carbonyl (C=O) groups excluding carboxylic acids is 1. The fraction of sp³-hybridized carbons (Fsp3) is 0. The van der Waals surface area contributed by atoms with Gasteiger partial charge in [-0.1, -0.05) is 15.9 Å². The molecule has 0 heterocycles. The average molecular weight is 351 g/mol. The number of benzene rings is 2. The Labute approximate surface area is 128 Å². The molecule has 0 fully saturated rings. The van der Waals surface area contributed by atoms with Crippen molar-refractivity contribution in [3.8, 4) is 17.2 Å². The second-order valence-electron chi connectivity index (χ2n) is 4.11. The average Bonchev–Trinajstić information content (AvgIpc) is 2.45. The van der Waals surface area contributed by atoms with Crippen LogP contribution in [0.4, 0.5) is 0 Å². The number of nitrogens with one attached hydrogen (secondary N) is 1. The van der Waals surface area contributed by atoms with Crippen molar-refractivity contribution in [2.24, 2.45) is 5.10 Å². The van der Waals surface area contributed by atoms with Crippen LogP contribution < -0.4 is 5.43 Å². The minimum absolute atomic E-state index is 0.0788. The molecule has 0 saturated carbocycles. The molecule has 0 aliphatic carbocycles. The van der Waals surface area contributed by atoms with Crippen LogP contribution in [0.15, 0.2) is 46.0 Å². The van der Waals surface area contributed by atoms with Crippen molar-refractivity contribution >= 4 is 28.1 Å². The third-order valence-electron chi connectivity index (χ3n) is 2.58. The van der Waals surface area contributed by atoms with Crippen molar-refractivity contribution in [3.63, 3.8) is 0 Å². The maximum Gasteiger partial charge on any atom is 0.275 e. The summed E-state index contributed by atoms with van der Waals surface area (Å²) in [4.78, 5) is 11.8. The highest BCUT2D eigenvalue weighted by atomic mass is 79.9. The molecule has 0 radical (unpaired) electrons. The molecule has 2 aromatic rings. The molecule has 0 spiro atoms. The van der Waals surface area contributed by atoms with E-state index >= 15 is 0 Å². The Morgan fingerprint density at radius 3 is 2.48 bits per heavy atom. The number of carbonyl (C=O) groups is 1. The lowest BCUT2D eigenvalue weighted by Crippen LogP contribution is -2.17. The Bertz CT molecular complexity index is 716. The predicted octanol–water partition coefficient (Wildman–Crippen LogP) is 2.33. The van der Waals surface area contributed by atoms with Gasteiger partial charge in [-0.15, -0.1) is 0 Å². The van der Waals surface area contributed by atoms with E-state index in [4.69, 9.17) is 5.11 Å². The molecule has 0 atom stereocenters. The molecule has 0 bridgehead atoms. The molecule has 1 amide bonds. The smallest absolute Gasteiger partial charge is 0.275 e. The second kappa shape index (κ2) is 6.27. The first-order valence-electron chi connectivity index (χ1n) is 5.81. The Morgan fingerprint density at radius 2 is 1.76 bits per heavy atom. The third kappa shape index (κ3) is 3.73. The highest BCUT2D eigenvalue weighted by Crippen LogP contribution is 2.24. The molecule has 21 heavy (non-hydrogen) atoms. The number of phenolic OH excluding ortho intramolecular Hbond substituents is 3. The lowest BCUT2D eigenvalue weighted by molar-refractivity contribution is 0.0952. The standard InChI is InChI=1S/C14H11BrN2O4/c15-9-2-4-11(18)10(6-9)14(21)17-16-7-8-1-3-12(19)13(20)5-8/h1-7,18-20H,(H,17,21)/b16-7+. The highest BCUT2D eigenvalue weighted by Gasteiger charge is 2.10. The van der Waals surface area contributed by atoms with Crippen LogP contribution in [0.1, 0.15) is 15.9 Å². The van der Waals surface area contributed by atoms with Gasteiger partial charge in [0.05, 0.1) is 11.8 Å². The molecular weight excluding hydrogens is 340 g/mol. The van der Waals surface area contributed by atoms with E-state index in [1.807, 2.05) is 0 Å². The summed E-state index contributed by atoms with van der Waals surface area (Å²) >= 11 is 3.20. The van der Waals surface area contributed by atoms with E-state index < -0.39 is 5.91 Å². The van der Waals surface area contributed by atoms with Gasteiger partial charge in [0.2, 0.25) is 0 Å². The molecule has 0 saturated heterocycles. The number of rotatable bonds is 3. The molecule has 2 rings (SSSR count). The highest BCUT2D eigenvalue weighted by molar-refractivity contribution is 9.10. The van der Waals surface area contributed by atoms with Crippen molar-refractivity contribution in [2.75, 3.05) is 0 Å². The molecule has 6 nitrogen and oxygen atoms in total. The van der Waals surface area contributed by atoms with Crippen LogP contribution in [-0.2, 0) is 0 Å². The van der Waals surface area contributed by atoms with E-state index in [0.717, 1.165) is 0 Å². The van der Waals surface area contributed by atoms with E-state index in [2.05, 4.69) is 26.5 Å². The van der Waals surface area contributed by atoms with Gasteiger partial charge in [-0.2, -0.15) is 5.10 Å². The van der Waals surface area contributed by atoms with Crippen molar-refractivity contribution < 1.29 is 20.1 Å². The van der Waals surface area contributed by atoms with Gasteiger partial charge in [-0.25, -0.2) is 5.43 Å².